The van der Waals surface area contributed by atoms with E-state index >= 15 is 0 Å². The molecule has 156 valence electrons. The molecule has 0 spiro atoms. The SMILES string of the molecule is COc1ccc(NC(=S)NC(=O)COc2ccccc2C)cc1-c1ccc(CO)o1. The van der Waals surface area contributed by atoms with Crippen molar-refractivity contribution in [2.75, 3.05) is 19.0 Å². The van der Waals surface area contributed by atoms with Crippen molar-refractivity contribution < 1.29 is 23.8 Å². The third-order valence-corrected chi connectivity index (χ3v) is 4.45. The Bertz CT molecular complexity index is 1050. The maximum Gasteiger partial charge on any atom is 0.264 e. The van der Waals surface area contributed by atoms with Gasteiger partial charge >= 0.3 is 0 Å². The molecular weight excluding hydrogens is 404 g/mol. The summed E-state index contributed by atoms with van der Waals surface area (Å²) in [5, 5.41) is 14.9. The van der Waals surface area contributed by atoms with E-state index in [0.717, 1.165) is 5.56 Å². The number of aryl methyl sites for hydroxylation is 1. The molecule has 3 rings (SSSR count). The third kappa shape index (κ3) is 5.37. The van der Waals surface area contributed by atoms with Crippen LogP contribution in [0.1, 0.15) is 11.3 Å². The summed E-state index contributed by atoms with van der Waals surface area (Å²) in [4.78, 5) is 12.1. The Morgan fingerprint density at radius 2 is 1.93 bits per heavy atom. The number of carbonyl (C=O) groups is 1. The largest absolute Gasteiger partial charge is 0.496 e. The quantitative estimate of drug-likeness (QED) is 0.497. The minimum absolute atomic E-state index is 0.139. The van der Waals surface area contributed by atoms with Gasteiger partial charge in [-0.3, -0.25) is 10.1 Å². The van der Waals surface area contributed by atoms with Crippen molar-refractivity contribution >= 4 is 28.9 Å². The van der Waals surface area contributed by atoms with Crippen LogP contribution < -0.4 is 20.1 Å². The first-order chi connectivity index (χ1) is 14.5. The van der Waals surface area contributed by atoms with Crippen molar-refractivity contribution in [3.05, 3.63) is 65.9 Å². The molecule has 0 radical (unpaired) electrons. The summed E-state index contributed by atoms with van der Waals surface area (Å²) in [5.41, 5.74) is 2.26. The first-order valence-corrected chi connectivity index (χ1v) is 9.58. The maximum atomic E-state index is 12.1. The van der Waals surface area contributed by atoms with Gasteiger partial charge in [0, 0.05) is 5.69 Å². The second-order valence-electron chi connectivity index (χ2n) is 6.40. The Balaban J connectivity index is 1.62. The number of hydrogen-bond donors (Lipinski definition) is 3. The number of anilines is 1. The standard InChI is InChI=1S/C22H22N2O5S/c1-14-5-3-4-6-18(14)28-13-21(26)24-22(30)23-15-7-9-19(27-2)17(11-15)20-10-8-16(12-25)29-20/h3-11,25H,12-13H2,1-2H3,(H2,23,24,26,30). The summed E-state index contributed by atoms with van der Waals surface area (Å²) in [6, 6.07) is 16.2. The number of para-hydroxylation sites is 1. The van der Waals surface area contributed by atoms with Crippen molar-refractivity contribution in [2.45, 2.75) is 13.5 Å². The van der Waals surface area contributed by atoms with E-state index in [1.54, 1.807) is 43.5 Å². The molecule has 0 saturated heterocycles. The third-order valence-electron chi connectivity index (χ3n) is 4.25. The number of methoxy groups -OCH3 is 1. The Morgan fingerprint density at radius 1 is 1.13 bits per heavy atom. The molecule has 3 aromatic rings. The van der Waals surface area contributed by atoms with Gasteiger partial charge in [0.1, 0.15) is 29.6 Å². The first kappa shape index (κ1) is 21.4. The van der Waals surface area contributed by atoms with Gasteiger partial charge in [0.2, 0.25) is 0 Å². The zero-order chi connectivity index (χ0) is 21.5. The molecule has 30 heavy (non-hydrogen) atoms. The summed E-state index contributed by atoms with van der Waals surface area (Å²) in [5.74, 6) is 1.86. The topological polar surface area (TPSA) is 93.0 Å². The van der Waals surface area contributed by atoms with Crippen molar-refractivity contribution in [3.8, 4) is 22.8 Å². The van der Waals surface area contributed by atoms with Crippen LogP contribution in [-0.2, 0) is 11.4 Å². The molecule has 0 bridgehead atoms. The Morgan fingerprint density at radius 3 is 2.63 bits per heavy atom. The molecule has 2 aromatic carbocycles. The zero-order valence-electron chi connectivity index (χ0n) is 16.6. The number of aliphatic hydroxyl groups is 1. The number of nitrogens with one attached hydrogen (secondary N) is 2. The number of furan rings is 1. The van der Waals surface area contributed by atoms with E-state index in [-0.39, 0.29) is 24.2 Å². The van der Waals surface area contributed by atoms with E-state index in [1.165, 1.54) is 0 Å². The highest BCUT2D eigenvalue weighted by Crippen LogP contribution is 2.33. The highest BCUT2D eigenvalue weighted by atomic mass is 32.1. The molecule has 0 saturated carbocycles. The average molecular weight is 426 g/mol. The van der Waals surface area contributed by atoms with E-state index in [4.69, 9.17) is 26.1 Å². The molecule has 1 amide bonds. The van der Waals surface area contributed by atoms with E-state index < -0.39 is 0 Å². The summed E-state index contributed by atoms with van der Waals surface area (Å²) < 4.78 is 16.5. The van der Waals surface area contributed by atoms with Gasteiger partial charge in [-0.15, -0.1) is 0 Å². The molecule has 0 aliphatic heterocycles. The summed E-state index contributed by atoms with van der Waals surface area (Å²) in [6.45, 7) is 1.56. The highest BCUT2D eigenvalue weighted by Gasteiger charge is 2.13. The Kier molecular flexibility index (Phi) is 7.05. The smallest absolute Gasteiger partial charge is 0.264 e. The van der Waals surface area contributed by atoms with Gasteiger partial charge in [-0.1, -0.05) is 18.2 Å². The number of hydrogen-bond acceptors (Lipinski definition) is 6. The fraction of sp³-hybridized carbons (Fsp3) is 0.182. The van der Waals surface area contributed by atoms with Gasteiger partial charge < -0.3 is 24.3 Å². The molecule has 0 aliphatic carbocycles. The minimum atomic E-state index is -0.372. The molecule has 0 aliphatic rings. The molecule has 1 heterocycles. The Hall–Kier alpha value is -3.36. The van der Waals surface area contributed by atoms with Crippen LogP contribution in [0.15, 0.2) is 59.0 Å². The lowest BCUT2D eigenvalue weighted by molar-refractivity contribution is -0.121. The predicted octanol–water partition coefficient (Wildman–Crippen LogP) is 3.65. The highest BCUT2D eigenvalue weighted by molar-refractivity contribution is 7.80. The monoisotopic (exact) mass is 426 g/mol. The van der Waals surface area contributed by atoms with E-state index in [1.807, 2.05) is 25.1 Å². The van der Waals surface area contributed by atoms with Gasteiger partial charge in [0.15, 0.2) is 11.7 Å². The van der Waals surface area contributed by atoms with Crippen molar-refractivity contribution in [1.82, 2.24) is 5.32 Å². The lowest BCUT2D eigenvalue weighted by Gasteiger charge is -2.13. The lowest BCUT2D eigenvalue weighted by atomic mass is 10.1. The van der Waals surface area contributed by atoms with Gasteiger partial charge in [-0.05, 0) is 61.1 Å². The minimum Gasteiger partial charge on any atom is -0.496 e. The van der Waals surface area contributed by atoms with Crippen LogP contribution in [0.25, 0.3) is 11.3 Å². The number of benzene rings is 2. The number of ether oxygens (including phenoxy) is 2. The fourth-order valence-electron chi connectivity index (χ4n) is 2.77. The van der Waals surface area contributed by atoms with Crippen LogP contribution in [0, 0.1) is 6.92 Å². The van der Waals surface area contributed by atoms with Crippen LogP contribution in [0.4, 0.5) is 5.69 Å². The van der Waals surface area contributed by atoms with E-state index in [2.05, 4.69) is 10.6 Å². The van der Waals surface area contributed by atoms with Crippen molar-refractivity contribution in [2.24, 2.45) is 0 Å². The van der Waals surface area contributed by atoms with Gasteiger partial charge in [0.05, 0.1) is 12.7 Å². The number of thiocarbonyl (C=S) groups is 1. The van der Waals surface area contributed by atoms with Crippen LogP contribution in [0.2, 0.25) is 0 Å². The summed E-state index contributed by atoms with van der Waals surface area (Å²) in [7, 11) is 1.56. The summed E-state index contributed by atoms with van der Waals surface area (Å²) >= 11 is 5.23. The second-order valence-corrected chi connectivity index (χ2v) is 6.80. The van der Waals surface area contributed by atoms with Crippen LogP contribution in [0.5, 0.6) is 11.5 Å². The number of rotatable bonds is 7. The Labute approximate surface area is 179 Å². The fourth-order valence-corrected chi connectivity index (χ4v) is 3.00. The van der Waals surface area contributed by atoms with E-state index in [0.29, 0.717) is 34.3 Å². The molecule has 0 atom stereocenters. The van der Waals surface area contributed by atoms with Crippen molar-refractivity contribution in [3.63, 3.8) is 0 Å². The predicted molar refractivity (Wildman–Crippen MR) is 118 cm³/mol. The van der Waals surface area contributed by atoms with Gasteiger partial charge in [-0.2, -0.15) is 0 Å². The second kappa shape index (κ2) is 9.91. The molecule has 7 nitrogen and oxygen atoms in total. The van der Waals surface area contributed by atoms with Crippen molar-refractivity contribution in [1.29, 1.82) is 0 Å². The van der Waals surface area contributed by atoms with E-state index in [9.17, 15) is 9.90 Å². The average Bonchev–Trinajstić information content (AvgIpc) is 3.22. The molecule has 1 aromatic heterocycles. The number of carbonyl (C=O) groups excluding carboxylic acids is 1. The van der Waals surface area contributed by atoms with Crippen LogP contribution >= 0.6 is 12.2 Å². The molecule has 0 unspecified atom stereocenters. The summed E-state index contributed by atoms with van der Waals surface area (Å²) in [6.07, 6.45) is 0. The van der Waals surface area contributed by atoms with Crippen LogP contribution in [0.3, 0.4) is 0 Å². The molecular formula is C22H22N2O5S. The first-order valence-electron chi connectivity index (χ1n) is 9.17. The normalized spacial score (nSPS) is 10.4. The molecule has 0 fully saturated rings. The lowest BCUT2D eigenvalue weighted by Crippen LogP contribution is -2.37. The zero-order valence-corrected chi connectivity index (χ0v) is 17.4. The van der Waals surface area contributed by atoms with Crippen LogP contribution in [-0.4, -0.2) is 29.8 Å². The molecule has 3 N–H and O–H groups in total. The number of amides is 1. The number of aliphatic hydroxyl groups excluding tert-OH is 1. The van der Waals surface area contributed by atoms with Gasteiger partial charge in [-0.25, -0.2) is 0 Å². The molecule has 8 heteroatoms. The van der Waals surface area contributed by atoms with Gasteiger partial charge in [0.25, 0.3) is 5.91 Å². The maximum absolute atomic E-state index is 12.1.